The van der Waals surface area contributed by atoms with Crippen molar-refractivity contribution in [3.05, 3.63) is 12.2 Å². The Hall–Kier alpha value is -0.790. The lowest BCUT2D eigenvalue weighted by Crippen LogP contribution is -2.52. The van der Waals surface area contributed by atoms with Crippen LogP contribution < -0.4 is 0 Å². The summed E-state index contributed by atoms with van der Waals surface area (Å²) < 4.78 is 5.90. The minimum atomic E-state index is -0.343. The molecule has 0 aromatic heterocycles. The van der Waals surface area contributed by atoms with Crippen molar-refractivity contribution in [2.75, 3.05) is 0 Å². The van der Waals surface area contributed by atoms with Gasteiger partial charge >= 0.3 is 5.97 Å². The van der Waals surface area contributed by atoms with Gasteiger partial charge in [-0.25, -0.2) is 4.79 Å². The fourth-order valence-electron chi connectivity index (χ4n) is 5.72. The van der Waals surface area contributed by atoms with Crippen LogP contribution in [0.15, 0.2) is 12.2 Å². The van der Waals surface area contributed by atoms with E-state index in [2.05, 4.69) is 20.4 Å². The van der Waals surface area contributed by atoms with Gasteiger partial charge in [0.25, 0.3) is 0 Å². The van der Waals surface area contributed by atoms with E-state index in [4.69, 9.17) is 4.74 Å². The molecule has 0 heterocycles. The molecule has 4 unspecified atom stereocenters. The Balaban J connectivity index is 1.90. The van der Waals surface area contributed by atoms with E-state index in [1.165, 1.54) is 38.5 Å². The second-order valence-electron chi connectivity index (χ2n) is 7.49. The van der Waals surface area contributed by atoms with Crippen LogP contribution in [0, 0.1) is 23.2 Å². The van der Waals surface area contributed by atoms with Gasteiger partial charge in [0.05, 0.1) is 0 Å². The lowest BCUT2D eigenvalue weighted by molar-refractivity contribution is -0.177. The lowest BCUT2D eigenvalue weighted by Gasteiger charge is -2.50. The number of carbonyl (C=O) groups is 1. The minimum Gasteiger partial charge on any atom is -0.456 e. The molecule has 3 fully saturated rings. The Morgan fingerprint density at radius 3 is 2.74 bits per heavy atom. The number of fused-ring (bicyclic) bond motifs is 5. The van der Waals surface area contributed by atoms with Gasteiger partial charge in [-0.1, -0.05) is 13.0 Å². The third-order valence-corrected chi connectivity index (χ3v) is 6.36. The maximum atomic E-state index is 12.0. The van der Waals surface area contributed by atoms with Gasteiger partial charge in [-0.2, -0.15) is 0 Å². The van der Waals surface area contributed by atoms with E-state index in [0.717, 1.165) is 17.8 Å². The molecule has 2 bridgehead atoms. The molecule has 0 radical (unpaired) electrons. The number of rotatable bonds is 3. The first kappa shape index (κ1) is 13.2. The zero-order chi connectivity index (χ0) is 13.8. The van der Waals surface area contributed by atoms with Crippen LogP contribution in [-0.4, -0.2) is 11.6 Å². The largest absolute Gasteiger partial charge is 0.456 e. The van der Waals surface area contributed by atoms with Crippen molar-refractivity contribution >= 4 is 5.97 Å². The van der Waals surface area contributed by atoms with Crippen LogP contribution in [0.4, 0.5) is 0 Å². The molecular formula is C17H26O2. The fourth-order valence-corrected chi connectivity index (χ4v) is 5.72. The average molecular weight is 262 g/mol. The van der Waals surface area contributed by atoms with Crippen LogP contribution in [0.5, 0.6) is 0 Å². The molecule has 0 aliphatic heterocycles. The van der Waals surface area contributed by atoms with Crippen LogP contribution in [0.3, 0.4) is 0 Å². The zero-order valence-corrected chi connectivity index (χ0v) is 12.5. The quantitative estimate of drug-likeness (QED) is 0.565. The molecule has 19 heavy (non-hydrogen) atoms. The number of ether oxygens (including phenoxy) is 1. The SMILES string of the molecule is C=C(C)C(=O)OC(C)(C)C12CCCC1C1CCC2C1. The molecule has 0 amide bonds. The molecule has 3 aliphatic rings. The normalized spacial score (nSPS) is 40.3. The Morgan fingerprint density at radius 2 is 2.05 bits per heavy atom. The standard InChI is InChI=1S/C17H26O2/c1-11(2)15(18)19-16(3,4)17-9-5-6-14(17)12-7-8-13(17)10-12/h12-14H,1,5-10H2,2-4H3. The number of carbonyl (C=O) groups excluding carboxylic acids is 1. The van der Waals surface area contributed by atoms with Crippen molar-refractivity contribution in [2.24, 2.45) is 23.2 Å². The predicted octanol–water partition coefficient (Wildman–Crippen LogP) is 4.10. The second kappa shape index (κ2) is 4.10. The van der Waals surface area contributed by atoms with Gasteiger partial charge in [-0.15, -0.1) is 0 Å². The van der Waals surface area contributed by atoms with E-state index >= 15 is 0 Å². The van der Waals surface area contributed by atoms with E-state index < -0.39 is 0 Å². The Bertz CT molecular complexity index is 423. The molecule has 2 nitrogen and oxygen atoms in total. The third kappa shape index (κ3) is 1.64. The number of esters is 1. The molecule has 0 saturated heterocycles. The third-order valence-electron chi connectivity index (χ3n) is 6.36. The van der Waals surface area contributed by atoms with E-state index in [-0.39, 0.29) is 17.0 Å². The molecule has 0 aromatic carbocycles. The van der Waals surface area contributed by atoms with Gasteiger partial charge in [0.15, 0.2) is 0 Å². The molecule has 3 rings (SSSR count). The topological polar surface area (TPSA) is 26.3 Å². The smallest absolute Gasteiger partial charge is 0.333 e. The van der Waals surface area contributed by atoms with E-state index in [1.807, 2.05) is 0 Å². The molecule has 2 heteroatoms. The highest BCUT2D eigenvalue weighted by molar-refractivity contribution is 5.87. The minimum absolute atomic E-state index is 0.215. The second-order valence-corrected chi connectivity index (χ2v) is 7.49. The Labute approximate surface area is 116 Å². The van der Waals surface area contributed by atoms with Crippen molar-refractivity contribution in [3.63, 3.8) is 0 Å². The highest BCUT2D eigenvalue weighted by Gasteiger charge is 2.66. The molecule has 4 atom stereocenters. The first-order valence-corrected chi connectivity index (χ1v) is 7.77. The number of hydrogen-bond acceptors (Lipinski definition) is 2. The lowest BCUT2D eigenvalue weighted by atomic mass is 9.59. The van der Waals surface area contributed by atoms with Crippen LogP contribution in [0.2, 0.25) is 0 Å². The Kier molecular flexibility index (Phi) is 2.85. The van der Waals surface area contributed by atoms with Gasteiger partial charge in [0.1, 0.15) is 5.60 Å². The van der Waals surface area contributed by atoms with Crippen LogP contribution in [0.1, 0.15) is 59.3 Å². The van der Waals surface area contributed by atoms with Crippen molar-refractivity contribution in [1.29, 1.82) is 0 Å². The first-order valence-electron chi connectivity index (χ1n) is 7.77. The summed E-state index contributed by atoms with van der Waals surface area (Å²) in [7, 11) is 0. The van der Waals surface area contributed by atoms with Crippen LogP contribution >= 0.6 is 0 Å². The summed E-state index contributed by atoms with van der Waals surface area (Å²) in [5.74, 6) is 2.25. The molecule has 3 aliphatic carbocycles. The molecule has 3 saturated carbocycles. The fraction of sp³-hybridized carbons (Fsp3) is 0.824. The number of hydrogen-bond donors (Lipinski definition) is 0. The van der Waals surface area contributed by atoms with Gasteiger partial charge < -0.3 is 4.74 Å². The first-order chi connectivity index (χ1) is 8.88. The highest BCUT2D eigenvalue weighted by atomic mass is 16.6. The summed E-state index contributed by atoms with van der Waals surface area (Å²) in [6.45, 7) is 9.75. The van der Waals surface area contributed by atoms with Crippen molar-refractivity contribution < 1.29 is 9.53 Å². The molecule has 0 spiro atoms. The molecule has 106 valence electrons. The Morgan fingerprint density at radius 1 is 1.32 bits per heavy atom. The van der Waals surface area contributed by atoms with E-state index in [0.29, 0.717) is 5.57 Å². The van der Waals surface area contributed by atoms with Gasteiger partial charge in [0, 0.05) is 11.0 Å². The van der Waals surface area contributed by atoms with E-state index in [1.54, 1.807) is 6.92 Å². The summed E-state index contributed by atoms with van der Waals surface area (Å²) in [6, 6.07) is 0. The summed E-state index contributed by atoms with van der Waals surface area (Å²) in [5.41, 5.74) is 0.424. The maximum absolute atomic E-state index is 12.0. The van der Waals surface area contributed by atoms with Crippen molar-refractivity contribution in [2.45, 2.75) is 64.9 Å². The van der Waals surface area contributed by atoms with Crippen molar-refractivity contribution in [3.8, 4) is 0 Å². The predicted molar refractivity (Wildman–Crippen MR) is 75.6 cm³/mol. The highest BCUT2D eigenvalue weighted by Crippen LogP contribution is 2.70. The average Bonchev–Trinajstić information content (AvgIpc) is 3.00. The maximum Gasteiger partial charge on any atom is 0.333 e. The summed E-state index contributed by atoms with van der Waals surface area (Å²) in [5, 5.41) is 0. The zero-order valence-electron chi connectivity index (χ0n) is 12.5. The van der Waals surface area contributed by atoms with Gasteiger partial charge in [-0.3, -0.25) is 0 Å². The van der Waals surface area contributed by atoms with Gasteiger partial charge in [0.2, 0.25) is 0 Å². The molecule has 0 aromatic rings. The van der Waals surface area contributed by atoms with E-state index in [9.17, 15) is 4.79 Å². The van der Waals surface area contributed by atoms with Crippen molar-refractivity contribution in [1.82, 2.24) is 0 Å². The summed E-state index contributed by atoms with van der Waals surface area (Å²) in [4.78, 5) is 12.0. The molecule has 0 N–H and O–H groups in total. The summed E-state index contributed by atoms with van der Waals surface area (Å²) in [6.07, 6.45) is 8.02. The summed E-state index contributed by atoms with van der Waals surface area (Å²) >= 11 is 0. The molecular weight excluding hydrogens is 236 g/mol. The van der Waals surface area contributed by atoms with Crippen LogP contribution in [-0.2, 0) is 9.53 Å². The van der Waals surface area contributed by atoms with Gasteiger partial charge in [-0.05, 0) is 70.6 Å². The van der Waals surface area contributed by atoms with Crippen LogP contribution in [0.25, 0.3) is 0 Å². The monoisotopic (exact) mass is 262 g/mol.